The van der Waals surface area contributed by atoms with E-state index in [-0.39, 0.29) is 0 Å². The van der Waals surface area contributed by atoms with Crippen LogP contribution in [0.25, 0.3) is 28.2 Å². The molecule has 0 aliphatic rings. The zero-order chi connectivity index (χ0) is 18.9. The summed E-state index contributed by atoms with van der Waals surface area (Å²) in [4.78, 5) is 29.3. The number of fused-ring (bicyclic) bond motifs is 1. The van der Waals surface area contributed by atoms with Crippen molar-refractivity contribution >= 4 is 28.8 Å². The van der Waals surface area contributed by atoms with Crippen LogP contribution in [0.1, 0.15) is 15.9 Å². The highest BCUT2D eigenvalue weighted by molar-refractivity contribution is 6.00. The van der Waals surface area contributed by atoms with Crippen LogP contribution in [0, 0.1) is 0 Å². The van der Waals surface area contributed by atoms with Crippen molar-refractivity contribution in [1.82, 2.24) is 9.97 Å². The first-order chi connectivity index (χ1) is 12.3. The van der Waals surface area contributed by atoms with Crippen LogP contribution in [-0.4, -0.2) is 27.8 Å². The highest BCUT2D eigenvalue weighted by Crippen LogP contribution is 2.27. The normalized spacial score (nSPS) is 12.0. The van der Waals surface area contributed by atoms with Gasteiger partial charge in [0.25, 0.3) is 5.78 Å². The van der Waals surface area contributed by atoms with E-state index in [2.05, 4.69) is 9.97 Å². The van der Waals surface area contributed by atoms with Crippen LogP contribution in [0.2, 0.25) is 0 Å². The van der Waals surface area contributed by atoms with Crippen molar-refractivity contribution in [2.75, 3.05) is 0 Å². The van der Waals surface area contributed by atoms with Crippen LogP contribution >= 0.6 is 0 Å². The maximum Gasteiger partial charge on any atom is 0.454 e. The van der Waals surface area contributed by atoms with Crippen molar-refractivity contribution in [2.24, 2.45) is 5.73 Å². The van der Waals surface area contributed by atoms with E-state index in [1.165, 1.54) is 24.3 Å². The highest BCUT2D eigenvalue weighted by atomic mass is 19.4. The molecule has 132 valence electrons. The summed E-state index contributed by atoms with van der Waals surface area (Å²) in [7, 11) is 0. The Bertz CT molecular complexity index is 1020. The van der Waals surface area contributed by atoms with Gasteiger partial charge in [-0.2, -0.15) is 13.2 Å². The van der Waals surface area contributed by atoms with Crippen LogP contribution in [0.5, 0.6) is 0 Å². The van der Waals surface area contributed by atoms with Gasteiger partial charge in [-0.05, 0) is 17.7 Å². The second-order valence-electron chi connectivity index (χ2n) is 5.50. The molecule has 0 spiro atoms. The quantitative estimate of drug-likeness (QED) is 0.552. The fourth-order valence-electron chi connectivity index (χ4n) is 2.47. The smallest absolute Gasteiger partial charge is 0.366 e. The number of carbonyl (C=O) groups is 2. The fraction of sp³-hybridized carbons (Fsp3) is 0.0556. The average Bonchev–Trinajstić information content (AvgIpc) is 3.01. The number of aromatic amines is 1. The van der Waals surface area contributed by atoms with Crippen molar-refractivity contribution in [3.8, 4) is 11.1 Å². The molecule has 1 amide bonds. The first-order valence-corrected chi connectivity index (χ1v) is 7.42. The molecule has 2 heterocycles. The minimum absolute atomic E-state index is 0.429. The van der Waals surface area contributed by atoms with Crippen molar-refractivity contribution < 1.29 is 22.8 Å². The Hall–Kier alpha value is -3.42. The van der Waals surface area contributed by atoms with E-state index in [4.69, 9.17) is 5.73 Å². The number of nitrogens with two attached hydrogens (primary N) is 1. The first-order valence-electron chi connectivity index (χ1n) is 7.42. The lowest BCUT2D eigenvalue weighted by atomic mass is 10.0. The molecule has 0 saturated carbocycles. The molecule has 3 N–H and O–H groups in total. The number of carbonyl (C=O) groups excluding carboxylic acids is 2. The molecule has 0 radical (unpaired) electrons. The number of hydrogen-bond acceptors (Lipinski definition) is 3. The summed E-state index contributed by atoms with van der Waals surface area (Å²) in [5, 5.41) is 0.718. The minimum atomic E-state index is -4.91. The number of amides is 1. The van der Waals surface area contributed by atoms with Crippen molar-refractivity contribution in [1.29, 1.82) is 0 Å². The number of ketones is 1. The summed E-state index contributed by atoms with van der Waals surface area (Å²) in [6.07, 6.45) is 1.06. The minimum Gasteiger partial charge on any atom is -0.366 e. The SMILES string of the molecule is NC(=O)C=Cc1c[nH]c2ncc(-c3ccc(C(=O)C(F)(F)F)cc3)cc12. The van der Waals surface area contributed by atoms with Gasteiger partial charge in [-0.15, -0.1) is 0 Å². The van der Waals surface area contributed by atoms with Gasteiger partial charge in [0.1, 0.15) is 5.65 Å². The molecule has 0 bridgehead atoms. The number of nitrogens with one attached hydrogen (secondary N) is 1. The van der Waals surface area contributed by atoms with E-state index in [9.17, 15) is 22.8 Å². The molecular formula is C18H12F3N3O2. The van der Waals surface area contributed by atoms with E-state index >= 15 is 0 Å². The number of primary amides is 1. The maximum atomic E-state index is 12.5. The van der Waals surface area contributed by atoms with Crippen LogP contribution in [-0.2, 0) is 4.79 Å². The topological polar surface area (TPSA) is 88.8 Å². The summed E-state index contributed by atoms with van der Waals surface area (Å²) in [6.45, 7) is 0. The lowest BCUT2D eigenvalue weighted by Crippen LogP contribution is -2.22. The van der Waals surface area contributed by atoms with Gasteiger partial charge in [-0.3, -0.25) is 9.59 Å². The Morgan fingerprint density at radius 3 is 2.42 bits per heavy atom. The Morgan fingerprint density at radius 2 is 1.81 bits per heavy atom. The number of hydrogen-bond donors (Lipinski definition) is 2. The molecule has 0 aliphatic carbocycles. The second kappa shape index (κ2) is 6.47. The van der Waals surface area contributed by atoms with Crippen LogP contribution in [0.4, 0.5) is 13.2 Å². The van der Waals surface area contributed by atoms with Crippen molar-refractivity contribution in [3.63, 3.8) is 0 Å². The molecule has 0 fully saturated rings. The van der Waals surface area contributed by atoms with E-state index in [1.54, 1.807) is 18.5 Å². The van der Waals surface area contributed by atoms with Crippen LogP contribution in [0.3, 0.4) is 0 Å². The summed E-state index contributed by atoms with van der Waals surface area (Å²) >= 11 is 0. The van der Waals surface area contributed by atoms with Crippen molar-refractivity contribution in [3.05, 3.63) is 59.9 Å². The number of rotatable bonds is 4. The number of benzene rings is 1. The maximum absolute atomic E-state index is 12.5. The monoisotopic (exact) mass is 359 g/mol. The molecule has 0 atom stereocenters. The van der Waals surface area contributed by atoms with Gasteiger partial charge in [0.15, 0.2) is 0 Å². The van der Waals surface area contributed by atoms with Gasteiger partial charge in [0.05, 0.1) is 0 Å². The molecule has 8 heteroatoms. The Kier molecular flexibility index (Phi) is 4.33. The van der Waals surface area contributed by atoms with Gasteiger partial charge in [-0.1, -0.05) is 24.3 Å². The van der Waals surface area contributed by atoms with Crippen LogP contribution in [0.15, 0.2) is 48.8 Å². The summed E-state index contributed by atoms with van der Waals surface area (Å²) in [6, 6.07) is 6.88. The van der Waals surface area contributed by atoms with Gasteiger partial charge >= 0.3 is 6.18 Å². The molecule has 26 heavy (non-hydrogen) atoms. The van der Waals surface area contributed by atoms with E-state index in [0.717, 1.165) is 17.5 Å². The number of H-pyrrole nitrogens is 1. The number of alkyl halides is 3. The molecule has 3 aromatic rings. The zero-order valence-corrected chi connectivity index (χ0v) is 13.2. The van der Waals surface area contributed by atoms with Crippen molar-refractivity contribution in [2.45, 2.75) is 6.18 Å². The largest absolute Gasteiger partial charge is 0.454 e. The molecule has 0 unspecified atom stereocenters. The predicted octanol–water partition coefficient (Wildman–Crippen LogP) is 3.47. The zero-order valence-electron chi connectivity index (χ0n) is 13.2. The molecule has 3 rings (SSSR count). The third-order valence-electron chi connectivity index (χ3n) is 3.73. The molecule has 5 nitrogen and oxygen atoms in total. The third-order valence-corrected chi connectivity index (χ3v) is 3.73. The number of Topliss-reactive ketones (excluding diaryl/α,β-unsaturated/α-hetero) is 1. The molecule has 0 aliphatic heterocycles. The Balaban J connectivity index is 1.96. The average molecular weight is 359 g/mol. The summed E-state index contributed by atoms with van der Waals surface area (Å²) in [5.41, 5.74) is 7.18. The Labute approximate surface area is 145 Å². The molecule has 0 saturated heterocycles. The fourth-order valence-corrected chi connectivity index (χ4v) is 2.47. The molecule has 2 aromatic heterocycles. The second-order valence-corrected chi connectivity index (χ2v) is 5.50. The molecular weight excluding hydrogens is 347 g/mol. The lowest BCUT2D eigenvalue weighted by Gasteiger charge is -2.06. The van der Waals surface area contributed by atoms with Gasteiger partial charge in [-0.25, -0.2) is 4.98 Å². The number of pyridine rings is 1. The Morgan fingerprint density at radius 1 is 1.12 bits per heavy atom. The first kappa shape index (κ1) is 17.4. The van der Waals surface area contributed by atoms with Gasteiger partial charge in [0, 0.05) is 40.5 Å². The third kappa shape index (κ3) is 3.49. The summed E-state index contributed by atoms with van der Waals surface area (Å²) < 4.78 is 37.4. The highest BCUT2D eigenvalue weighted by Gasteiger charge is 2.39. The summed E-state index contributed by atoms with van der Waals surface area (Å²) in [5.74, 6) is -2.48. The van der Waals surface area contributed by atoms with Crippen LogP contribution < -0.4 is 5.73 Å². The predicted molar refractivity (Wildman–Crippen MR) is 90.1 cm³/mol. The number of halogens is 3. The van der Waals surface area contributed by atoms with Gasteiger partial charge in [0.2, 0.25) is 5.91 Å². The van der Waals surface area contributed by atoms with Gasteiger partial charge < -0.3 is 10.7 Å². The van der Waals surface area contributed by atoms with E-state index in [0.29, 0.717) is 22.3 Å². The lowest BCUT2D eigenvalue weighted by molar-refractivity contribution is -0.113. The number of aromatic nitrogens is 2. The number of nitrogens with zero attached hydrogens (tertiary/aromatic N) is 1. The molecule has 1 aromatic carbocycles. The van der Waals surface area contributed by atoms with E-state index < -0.39 is 23.4 Å². The van der Waals surface area contributed by atoms with E-state index in [1.807, 2.05) is 0 Å². The standard InChI is InChI=1S/C18H12F3N3O2/c19-18(20,21)16(26)11-3-1-10(2-4-11)13-7-14-12(5-6-15(22)25)8-23-17(14)24-9-13/h1-9H,(H2,22,25)(H,23,24).